The maximum atomic E-state index is 12.1. The Kier molecular flexibility index (Phi) is 4.81. The van der Waals surface area contributed by atoms with Crippen molar-refractivity contribution < 1.29 is 4.79 Å². The number of nitrogens with zero attached hydrogens (tertiary/aromatic N) is 2. The molecule has 2 amide bonds. The predicted molar refractivity (Wildman–Crippen MR) is 72.9 cm³/mol. The van der Waals surface area contributed by atoms with Crippen LogP contribution in [0.25, 0.3) is 0 Å². The number of rotatable bonds is 1. The molecule has 1 aromatic heterocycles. The lowest BCUT2D eigenvalue weighted by molar-refractivity contribution is 0.206. The third-order valence-electron chi connectivity index (χ3n) is 3.14. The zero-order chi connectivity index (χ0) is 12.8. The number of carbonyl (C=O) groups is 1. The van der Waals surface area contributed by atoms with E-state index in [1.54, 1.807) is 18.3 Å². The Balaban J connectivity index is 1.96. The van der Waals surface area contributed by atoms with Gasteiger partial charge in [0.1, 0.15) is 0 Å². The van der Waals surface area contributed by atoms with Gasteiger partial charge in [-0.1, -0.05) is 30.9 Å². The van der Waals surface area contributed by atoms with Gasteiger partial charge in [-0.15, -0.1) is 0 Å². The molecule has 2 rings (SSSR count). The molecule has 1 N–H and O–H groups in total. The van der Waals surface area contributed by atoms with Crippen LogP contribution in [0.2, 0.25) is 5.15 Å². The van der Waals surface area contributed by atoms with E-state index in [1.165, 1.54) is 19.3 Å². The third-order valence-corrected chi connectivity index (χ3v) is 3.45. The average Bonchev–Trinajstić information content (AvgIpc) is 2.31. The van der Waals surface area contributed by atoms with Gasteiger partial charge in [0.05, 0.1) is 5.69 Å². The monoisotopic (exact) mass is 267 g/mol. The van der Waals surface area contributed by atoms with Crippen molar-refractivity contribution in [3.63, 3.8) is 0 Å². The molecule has 0 atom stereocenters. The number of anilines is 1. The molecule has 1 saturated heterocycles. The van der Waals surface area contributed by atoms with Gasteiger partial charge in [-0.2, -0.15) is 0 Å². The van der Waals surface area contributed by atoms with Crippen LogP contribution in [0.3, 0.4) is 0 Å². The summed E-state index contributed by atoms with van der Waals surface area (Å²) in [4.78, 5) is 17.9. The molecule has 18 heavy (non-hydrogen) atoms. The van der Waals surface area contributed by atoms with Crippen molar-refractivity contribution in [2.24, 2.45) is 0 Å². The minimum Gasteiger partial charge on any atom is -0.325 e. The highest BCUT2D eigenvalue weighted by Crippen LogP contribution is 2.18. The molecule has 2 heterocycles. The number of amides is 2. The fraction of sp³-hybridized carbons (Fsp3) is 0.538. The lowest BCUT2D eigenvalue weighted by Gasteiger charge is -2.25. The van der Waals surface area contributed by atoms with Crippen LogP contribution in [0.1, 0.15) is 32.1 Å². The molecule has 0 aliphatic carbocycles. The molecule has 0 unspecified atom stereocenters. The maximum absolute atomic E-state index is 12.1. The van der Waals surface area contributed by atoms with Crippen molar-refractivity contribution >= 4 is 23.3 Å². The minimum atomic E-state index is -0.0770. The molecule has 5 heteroatoms. The summed E-state index contributed by atoms with van der Waals surface area (Å²) in [5.41, 5.74) is 0.575. The van der Waals surface area contributed by atoms with Crippen molar-refractivity contribution in [2.75, 3.05) is 18.4 Å². The number of nitrogens with one attached hydrogen (secondary N) is 1. The van der Waals surface area contributed by atoms with Gasteiger partial charge in [0.2, 0.25) is 0 Å². The predicted octanol–water partition coefficient (Wildman–Crippen LogP) is 3.53. The first-order chi connectivity index (χ1) is 8.77. The van der Waals surface area contributed by atoms with Gasteiger partial charge < -0.3 is 10.2 Å². The first kappa shape index (κ1) is 13.1. The molecule has 0 aromatic carbocycles. The first-order valence-corrected chi connectivity index (χ1v) is 6.81. The van der Waals surface area contributed by atoms with Gasteiger partial charge in [0, 0.05) is 19.3 Å². The molecule has 0 radical (unpaired) electrons. The highest BCUT2D eigenvalue weighted by atomic mass is 35.5. The maximum Gasteiger partial charge on any atom is 0.321 e. The van der Waals surface area contributed by atoms with E-state index in [0.29, 0.717) is 10.8 Å². The van der Waals surface area contributed by atoms with Gasteiger partial charge in [-0.3, -0.25) is 0 Å². The van der Waals surface area contributed by atoms with Crippen LogP contribution < -0.4 is 5.32 Å². The zero-order valence-corrected chi connectivity index (χ0v) is 11.1. The molecular weight excluding hydrogens is 250 g/mol. The Morgan fingerprint density at radius 1 is 1.22 bits per heavy atom. The largest absolute Gasteiger partial charge is 0.325 e. The van der Waals surface area contributed by atoms with E-state index in [9.17, 15) is 4.79 Å². The van der Waals surface area contributed by atoms with E-state index >= 15 is 0 Å². The molecule has 0 saturated carbocycles. The quantitative estimate of drug-likeness (QED) is 0.791. The van der Waals surface area contributed by atoms with Crippen molar-refractivity contribution in [2.45, 2.75) is 32.1 Å². The molecule has 4 nitrogen and oxygen atoms in total. The fourth-order valence-corrected chi connectivity index (χ4v) is 2.29. The van der Waals surface area contributed by atoms with E-state index in [-0.39, 0.29) is 6.03 Å². The number of hydrogen-bond donors (Lipinski definition) is 1. The number of halogens is 1. The van der Waals surface area contributed by atoms with E-state index < -0.39 is 0 Å². The summed E-state index contributed by atoms with van der Waals surface area (Å²) >= 11 is 5.92. The topological polar surface area (TPSA) is 45.2 Å². The summed E-state index contributed by atoms with van der Waals surface area (Å²) in [6.45, 7) is 1.65. The van der Waals surface area contributed by atoms with Crippen molar-refractivity contribution in [3.8, 4) is 0 Å². The fourth-order valence-electron chi connectivity index (χ4n) is 2.12. The summed E-state index contributed by atoms with van der Waals surface area (Å²) in [5, 5.41) is 3.15. The molecule has 1 aliphatic rings. The second-order valence-corrected chi connectivity index (χ2v) is 4.88. The molecule has 98 valence electrons. The van der Waals surface area contributed by atoms with Gasteiger partial charge >= 0.3 is 6.03 Å². The summed E-state index contributed by atoms with van der Waals surface area (Å²) < 4.78 is 0. The molecule has 1 aromatic rings. The number of pyridine rings is 1. The van der Waals surface area contributed by atoms with Crippen LogP contribution in [0, 0.1) is 0 Å². The molecule has 0 spiro atoms. The lowest BCUT2D eigenvalue weighted by Crippen LogP contribution is -2.37. The van der Waals surface area contributed by atoms with E-state index in [1.807, 2.05) is 4.90 Å². The van der Waals surface area contributed by atoms with Crippen molar-refractivity contribution in [3.05, 3.63) is 23.5 Å². The summed E-state index contributed by atoms with van der Waals surface area (Å²) in [6, 6.07) is 3.44. The van der Waals surface area contributed by atoms with Gasteiger partial charge in [-0.25, -0.2) is 9.78 Å². The smallest absolute Gasteiger partial charge is 0.321 e. The highest BCUT2D eigenvalue weighted by molar-refractivity contribution is 6.32. The number of hydrogen-bond acceptors (Lipinski definition) is 2. The average molecular weight is 268 g/mol. The number of likely N-dealkylation sites (tertiary alicyclic amines) is 1. The minimum absolute atomic E-state index is 0.0770. The standard InChI is InChI=1S/C13H18ClN3O/c14-12-11(7-6-8-15-12)16-13(18)17-9-4-2-1-3-5-10-17/h6-8H,1-5,9-10H2,(H,16,18). The van der Waals surface area contributed by atoms with E-state index in [4.69, 9.17) is 11.6 Å². The van der Waals surface area contributed by atoms with Crippen LogP contribution >= 0.6 is 11.6 Å². The normalized spacial score (nSPS) is 16.8. The van der Waals surface area contributed by atoms with Crippen LogP contribution in [0.4, 0.5) is 10.5 Å². The summed E-state index contributed by atoms with van der Waals surface area (Å²) in [5.74, 6) is 0. The second-order valence-electron chi connectivity index (χ2n) is 4.53. The van der Waals surface area contributed by atoms with Gasteiger partial charge in [0.15, 0.2) is 5.15 Å². The number of carbonyl (C=O) groups excluding carboxylic acids is 1. The highest BCUT2D eigenvalue weighted by Gasteiger charge is 2.15. The molecular formula is C13H18ClN3O. The summed E-state index contributed by atoms with van der Waals surface area (Å²) in [7, 11) is 0. The van der Waals surface area contributed by atoms with Crippen LogP contribution in [-0.2, 0) is 0 Å². The summed E-state index contributed by atoms with van der Waals surface area (Å²) in [6.07, 6.45) is 7.45. The Morgan fingerprint density at radius 3 is 2.56 bits per heavy atom. The van der Waals surface area contributed by atoms with Crippen molar-refractivity contribution in [1.29, 1.82) is 0 Å². The Labute approximate surface area is 112 Å². The van der Waals surface area contributed by atoms with Gasteiger partial charge in [0.25, 0.3) is 0 Å². The Hall–Kier alpha value is -1.29. The molecule has 1 aliphatic heterocycles. The Bertz CT molecular complexity index is 403. The number of aromatic nitrogens is 1. The van der Waals surface area contributed by atoms with E-state index in [0.717, 1.165) is 25.9 Å². The molecule has 1 fully saturated rings. The lowest BCUT2D eigenvalue weighted by atomic mass is 10.1. The SMILES string of the molecule is O=C(Nc1cccnc1Cl)N1CCCCCCC1. The van der Waals surface area contributed by atoms with Gasteiger partial charge in [-0.05, 0) is 25.0 Å². The third kappa shape index (κ3) is 3.60. The zero-order valence-electron chi connectivity index (χ0n) is 10.4. The molecule has 0 bridgehead atoms. The van der Waals surface area contributed by atoms with E-state index in [2.05, 4.69) is 10.3 Å². The van der Waals surface area contributed by atoms with Crippen LogP contribution in [0.5, 0.6) is 0 Å². The first-order valence-electron chi connectivity index (χ1n) is 6.44. The second kappa shape index (κ2) is 6.59. The van der Waals surface area contributed by atoms with Crippen LogP contribution in [0.15, 0.2) is 18.3 Å². The van der Waals surface area contributed by atoms with Crippen molar-refractivity contribution in [1.82, 2.24) is 9.88 Å². The number of urea groups is 1. The Morgan fingerprint density at radius 2 is 1.89 bits per heavy atom. The van der Waals surface area contributed by atoms with Crippen LogP contribution in [-0.4, -0.2) is 29.0 Å².